The molecule has 0 aromatic heterocycles. The van der Waals surface area contributed by atoms with Crippen molar-refractivity contribution < 1.29 is 9.84 Å². The number of nitrogens with one attached hydrogen (secondary N) is 1. The second-order valence-corrected chi connectivity index (χ2v) is 6.14. The van der Waals surface area contributed by atoms with Gasteiger partial charge in [0, 0.05) is 5.69 Å². The summed E-state index contributed by atoms with van der Waals surface area (Å²) in [6.45, 7) is 0. The van der Waals surface area contributed by atoms with E-state index in [9.17, 15) is 5.11 Å². The zero-order valence-electron chi connectivity index (χ0n) is 11.8. The maximum Gasteiger partial charge on any atom is 0.133 e. The van der Waals surface area contributed by atoms with Crippen LogP contribution in [0, 0.1) is 0 Å². The van der Waals surface area contributed by atoms with Crippen LogP contribution >= 0.6 is 15.9 Å². The highest BCUT2D eigenvalue weighted by Gasteiger charge is 2.25. The van der Waals surface area contributed by atoms with Gasteiger partial charge in [-0.25, -0.2) is 0 Å². The lowest BCUT2D eigenvalue weighted by Gasteiger charge is -2.31. The quantitative estimate of drug-likeness (QED) is 0.884. The van der Waals surface area contributed by atoms with E-state index >= 15 is 0 Å². The van der Waals surface area contributed by atoms with E-state index in [-0.39, 0.29) is 6.04 Å². The van der Waals surface area contributed by atoms with Crippen molar-refractivity contribution in [3.8, 4) is 5.75 Å². The van der Waals surface area contributed by atoms with E-state index in [1.165, 1.54) is 5.56 Å². The van der Waals surface area contributed by atoms with Gasteiger partial charge < -0.3 is 15.2 Å². The number of anilines is 1. The Bertz CT molecular complexity index is 644. The fourth-order valence-electron chi connectivity index (χ4n) is 2.80. The van der Waals surface area contributed by atoms with Gasteiger partial charge in [-0.15, -0.1) is 0 Å². The SMILES string of the molecule is COc1ccc(C(O)C2CCc3ccccc3N2)cc1Br. The van der Waals surface area contributed by atoms with Gasteiger partial charge in [0.15, 0.2) is 0 Å². The third-order valence-corrected chi connectivity index (χ3v) is 4.60. The Labute approximate surface area is 133 Å². The normalized spacial score (nSPS) is 18.5. The Kier molecular flexibility index (Phi) is 4.17. The summed E-state index contributed by atoms with van der Waals surface area (Å²) in [5, 5.41) is 14.1. The summed E-state index contributed by atoms with van der Waals surface area (Å²) >= 11 is 3.47. The molecule has 3 rings (SSSR count). The first-order valence-electron chi connectivity index (χ1n) is 7.05. The molecule has 2 N–H and O–H groups in total. The fraction of sp³-hybridized carbons (Fsp3) is 0.294. The van der Waals surface area contributed by atoms with E-state index in [4.69, 9.17) is 4.74 Å². The minimum absolute atomic E-state index is 0.0280. The van der Waals surface area contributed by atoms with Crippen molar-refractivity contribution in [1.82, 2.24) is 0 Å². The van der Waals surface area contributed by atoms with E-state index in [0.29, 0.717) is 0 Å². The van der Waals surface area contributed by atoms with Crippen LogP contribution in [-0.4, -0.2) is 18.3 Å². The Hall–Kier alpha value is -1.52. The lowest BCUT2D eigenvalue weighted by atomic mass is 9.92. The molecule has 1 heterocycles. The molecule has 4 heteroatoms. The molecule has 0 aliphatic carbocycles. The maximum atomic E-state index is 10.6. The first-order valence-corrected chi connectivity index (χ1v) is 7.84. The van der Waals surface area contributed by atoms with E-state index in [1.807, 2.05) is 24.3 Å². The summed E-state index contributed by atoms with van der Waals surface area (Å²) in [5.74, 6) is 0.771. The highest BCUT2D eigenvalue weighted by atomic mass is 79.9. The number of ether oxygens (including phenoxy) is 1. The smallest absolute Gasteiger partial charge is 0.133 e. The number of aliphatic hydroxyl groups is 1. The number of para-hydroxylation sites is 1. The molecule has 3 nitrogen and oxygen atoms in total. The zero-order chi connectivity index (χ0) is 14.8. The number of fused-ring (bicyclic) bond motifs is 1. The van der Waals surface area contributed by atoms with Gasteiger partial charge in [-0.3, -0.25) is 0 Å². The monoisotopic (exact) mass is 347 g/mol. The lowest BCUT2D eigenvalue weighted by molar-refractivity contribution is 0.149. The number of hydrogen-bond donors (Lipinski definition) is 2. The van der Waals surface area contributed by atoms with Gasteiger partial charge in [-0.2, -0.15) is 0 Å². The van der Waals surface area contributed by atoms with E-state index in [2.05, 4.69) is 39.4 Å². The van der Waals surface area contributed by atoms with Crippen LogP contribution in [-0.2, 0) is 6.42 Å². The summed E-state index contributed by atoms with van der Waals surface area (Å²) in [6, 6.07) is 14.0. The molecule has 0 saturated heterocycles. The third-order valence-electron chi connectivity index (χ3n) is 3.98. The van der Waals surface area contributed by atoms with Crippen molar-refractivity contribution in [1.29, 1.82) is 0 Å². The van der Waals surface area contributed by atoms with Gasteiger partial charge in [0.2, 0.25) is 0 Å². The van der Waals surface area contributed by atoms with E-state index < -0.39 is 6.10 Å². The molecule has 2 aromatic rings. The molecule has 2 atom stereocenters. The number of benzene rings is 2. The first kappa shape index (κ1) is 14.4. The molecule has 0 spiro atoms. The van der Waals surface area contributed by atoms with Gasteiger partial charge in [-0.1, -0.05) is 24.3 Å². The molecule has 0 fully saturated rings. The van der Waals surface area contributed by atoms with Crippen molar-refractivity contribution in [2.75, 3.05) is 12.4 Å². The number of hydrogen-bond acceptors (Lipinski definition) is 3. The molecule has 110 valence electrons. The van der Waals surface area contributed by atoms with E-state index in [0.717, 1.165) is 34.3 Å². The molecule has 0 saturated carbocycles. The second-order valence-electron chi connectivity index (χ2n) is 5.29. The molecule has 2 aromatic carbocycles. The van der Waals surface area contributed by atoms with Crippen molar-refractivity contribution in [3.63, 3.8) is 0 Å². The van der Waals surface area contributed by atoms with Crippen LogP contribution in [0.15, 0.2) is 46.9 Å². The predicted molar refractivity (Wildman–Crippen MR) is 87.8 cm³/mol. The van der Waals surface area contributed by atoms with Gasteiger partial charge in [0.25, 0.3) is 0 Å². The van der Waals surface area contributed by atoms with Crippen molar-refractivity contribution in [2.24, 2.45) is 0 Å². The maximum absolute atomic E-state index is 10.6. The fourth-order valence-corrected chi connectivity index (χ4v) is 3.36. The molecule has 21 heavy (non-hydrogen) atoms. The van der Waals surface area contributed by atoms with Crippen LogP contribution in [0.25, 0.3) is 0 Å². The minimum Gasteiger partial charge on any atom is -0.496 e. The minimum atomic E-state index is -0.541. The predicted octanol–water partition coefficient (Wildman–Crippen LogP) is 3.92. The van der Waals surface area contributed by atoms with Crippen molar-refractivity contribution in [3.05, 3.63) is 58.1 Å². The Morgan fingerprint density at radius 2 is 2.10 bits per heavy atom. The Morgan fingerprint density at radius 1 is 1.29 bits per heavy atom. The molecule has 1 aliphatic heterocycles. The average molecular weight is 348 g/mol. The Balaban J connectivity index is 1.80. The Morgan fingerprint density at radius 3 is 2.86 bits per heavy atom. The van der Waals surface area contributed by atoms with Crippen LogP contribution in [0.1, 0.15) is 23.7 Å². The number of halogens is 1. The first-order chi connectivity index (χ1) is 10.2. The van der Waals surface area contributed by atoms with Crippen molar-refractivity contribution >= 4 is 21.6 Å². The molecule has 0 radical (unpaired) electrons. The molecular formula is C17H18BrNO2. The summed E-state index contributed by atoms with van der Waals surface area (Å²) in [7, 11) is 1.63. The van der Waals surface area contributed by atoms with Gasteiger partial charge in [0.05, 0.1) is 23.7 Å². The standard InChI is InChI=1S/C17H18BrNO2/c1-21-16-9-7-12(10-13(16)18)17(20)15-8-6-11-4-2-3-5-14(11)19-15/h2-5,7,9-10,15,17,19-20H,6,8H2,1H3. The summed E-state index contributed by atoms with van der Waals surface area (Å²) < 4.78 is 6.09. The van der Waals surface area contributed by atoms with Crippen molar-refractivity contribution in [2.45, 2.75) is 25.0 Å². The largest absolute Gasteiger partial charge is 0.496 e. The second kappa shape index (κ2) is 6.08. The number of aliphatic hydroxyl groups excluding tert-OH is 1. The highest BCUT2D eigenvalue weighted by molar-refractivity contribution is 9.10. The average Bonchev–Trinajstić information content (AvgIpc) is 2.53. The van der Waals surface area contributed by atoms with Crippen LogP contribution < -0.4 is 10.1 Å². The summed E-state index contributed by atoms with van der Waals surface area (Å²) in [6.07, 6.45) is 1.37. The molecule has 1 aliphatic rings. The van der Waals surface area contributed by atoms with E-state index in [1.54, 1.807) is 7.11 Å². The number of aryl methyl sites for hydroxylation is 1. The van der Waals surface area contributed by atoms with Gasteiger partial charge in [0.1, 0.15) is 5.75 Å². The molecular weight excluding hydrogens is 330 g/mol. The summed E-state index contributed by atoms with van der Waals surface area (Å²) in [5.41, 5.74) is 3.33. The lowest BCUT2D eigenvalue weighted by Crippen LogP contribution is -2.31. The van der Waals surface area contributed by atoms with Crippen LogP contribution in [0.5, 0.6) is 5.75 Å². The van der Waals surface area contributed by atoms with Gasteiger partial charge >= 0.3 is 0 Å². The zero-order valence-corrected chi connectivity index (χ0v) is 13.4. The number of rotatable bonds is 3. The van der Waals surface area contributed by atoms with Crippen LogP contribution in [0.4, 0.5) is 5.69 Å². The molecule has 0 amide bonds. The highest BCUT2D eigenvalue weighted by Crippen LogP contribution is 2.33. The molecule has 0 bridgehead atoms. The third kappa shape index (κ3) is 2.92. The topological polar surface area (TPSA) is 41.5 Å². The molecule has 2 unspecified atom stereocenters. The number of methoxy groups -OCH3 is 1. The van der Waals surface area contributed by atoms with Gasteiger partial charge in [-0.05, 0) is 58.1 Å². The van der Waals surface area contributed by atoms with Crippen LogP contribution in [0.2, 0.25) is 0 Å². The van der Waals surface area contributed by atoms with Crippen LogP contribution in [0.3, 0.4) is 0 Å². The summed E-state index contributed by atoms with van der Waals surface area (Å²) in [4.78, 5) is 0.